The Kier molecular flexibility index (Phi) is 6.77. The number of amides is 2. The molecular weight excluding hydrogens is 458 g/mol. The average Bonchev–Trinajstić information content (AvgIpc) is 3.23. The van der Waals surface area contributed by atoms with Gasteiger partial charge in [0, 0.05) is 60.4 Å². The number of H-pyrrole nitrogens is 1. The van der Waals surface area contributed by atoms with Crippen LogP contribution in [0.1, 0.15) is 41.5 Å². The number of fused-ring (bicyclic) bond motifs is 1. The number of nitrogens with zero attached hydrogens (tertiary/aromatic N) is 4. The highest BCUT2D eigenvalue weighted by molar-refractivity contribution is 6.04. The Balaban J connectivity index is 1.43. The van der Waals surface area contributed by atoms with Crippen molar-refractivity contribution >= 4 is 40.2 Å². The van der Waals surface area contributed by atoms with Crippen LogP contribution in [0, 0.1) is 12.8 Å². The van der Waals surface area contributed by atoms with E-state index >= 15 is 0 Å². The highest BCUT2D eigenvalue weighted by Gasteiger charge is 2.26. The predicted molar refractivity (Wildman–Crippen MR) is 140 cm³/mol. The normalized spacial score (nSPS) is 16.9. The molecule has 0 spiro atoms. The van der Waals surface area contributed by atoms with Gasteiger partial charge < -0.3 is 30.6 Å². The van der Waals surface area contributed by atoms with Crippen molar-refractivity contribution in [1.29, 1.82) is 0 Å². The van der Waals surface area contributed by atoms with Crippen LogP contribution in [0.15, 0.2) is 24.3 Å². The van der Waals surface area contributed by atoms with Crippen molar-refractivity contribution in [3.63, 3.8) is 0 Å². The van der Waals surface area contributed by atoms with Crippen LogP contribution in [0.5, 0.6) is 0 Å². The van der Waals surface area contributed by atoms with E-state index in [1.165, 1.54) is 5.56 Å². The number of carbonyl (C=O) groups excluding carboxylic acids is 2. The number of nitrogens with one attached hydrogen (secondary N) is 2. The first-order valence-electron chi connectivity index (χ1n) is 12.6. The van der Waals surface area contributed by atoms with E-state index in [2.05, 4.69) is 34.0 Å². The number of ether oxygens (including phenoxy) is 1. The zero-order valence-electron chi connectivity index (χ0n) is 20.8. The molecule has 0 radical (unpaired) electrons. The van der Waals surface area contributed by atoms with Gasteiger partial charge in [0.1, 0.15) is 11.5 Å². The monoisotopic (exact) mass is 491 g/mol. The zero-order chi connectivity index (χ0) is 25.2. The Bertz CT molecular complexity index is 1270. The molecule has 10 heteroatoms. The summed E-state index contributed by atoms with van der Waals surface area (Å²) in [6.07, 6.45) is 2.25. The van der Waals surface area contributed by atoms with Crippen LogP contribution in [0.3, 0.4) is 0 Å². The molecule has 0 bridgehead atoms. The number of aromatic nitrogens is 3. The largest absolute Gasteiger partial charge is 0.378 e. The van der Waals surface area contributed by atoms with Crippen molar-refractivity contribution in [3.8, 4) is 0 Å². The summed E-state index contributed by atoms with van der Waals surface area (Å²) < 4.78 is 5.48. The Hall–Kier alpha value is -3.66. The summed E-state index contributed by atoms with van der Waals surface area (Å²) in [6.45, 7) is 8.01. The van der Waals surface area contributed by atoms with E-state index in [4.69, 9.17) is 15.5 Å². The number of piperidine rings is 1. The van der Waals surface area contributed by atoms with Crippen molar-refractivity contribution in [2.45, 2.75) is 33.1 Å². The van der Waals surface area contributed by atoms with Crippen LogP contribution in [-0.2, 0) is 16.0 Å². The number of hydrogen-bond acceptors (Lipinski definition) is 7. The summed E-state index contributed by atoms with van der Waals surface area (Å²) in [5.74, 6) is 0.536. The number of benzene rings is 1. The number of carbonyl (C=O) groups is 2. The van der Waals surface area contributed by atoms with Gasteiger partial charge in [0.25, 0.3) is 5.91 Å². The molecule has 0 saturated carbocycles. The van der Waals surface area contributed by atoms with Gasteiger partial charge in [-0.3, -0.25) is 9.59 Å². The third-order valence-corrected chi connectivity index (χ3v) is 7.18. The van der Waals surface area contributed by atoms with Crippen molar-refractivity contribution in [2.75, 3.05) is 54.5 Å². The number of rotatable bonds is 6. The fraction of sp³-hybridized carbons (Fsp3) is 0.462. The lowest BCUT2D eigenvalue weighted by Gasteiger charge is -2.33. The molecule has 2 aliphatic rings. The van der Waals surface area contributed by atoms with Gasteiger partial charge in [-0.15, -0.1) is 0 Å². The van der Waals surface area contributed by atoms with Crippen LogP contribution in [0.4, 0.5) is 17.5 Å². The van der Waals surface area contributed by atoms with E-state index in [1.54, 1.807) is 6.07 Å². The molecule has 2 aromatic heterocycles. The lowest BCUT2D eigenvalue weighted by molar-refractivity contribution is -0.122. The van der Waals surface area contributed by atoms with Crippen molar-refractivity contribution in [3.05, 3.63) is 41.2 Å². The van der Waals surface area contributed by atoms with E-state index in [0.717, 1.165) is 28.7 Å². The molecule has 2 amide bonds. The van der Waals surface area contributed by atoms with Gasteiger partial charge in [-0.25, -0.2) is 4.98 Å². The fourth-order valence-corrected chi connectivity index (χ4v) is 5.11. The summed E-state index contributed by atoms with van der Waals surface area (Å²) in [6, 6.07) is 7.63. The van der Waals surface area contributed by atoms with Gasteiger partial charge >= 0.3 is 0 Å². The number of aryl methyl sites for hydroxylation is 2. The molecule has 0 unspecified atom stereocenters. The molecule has 2 saturated heterocycles. The molecule has 0 aliphatic carbocycles. The highest BCUT2D eigenvalue weighted by atomic mass is 16.5. The summed E-state index contributed by atoms with van der Waals surface area (Å²) >= 11 is 0. The Morgan fingerprint density at radius 2 is 1.86 bits per heavy atom. The number of hydrogen-bond donors (Lipinski definition) is 3. The third kappa shape index (κ3) is 4.86. The second-order valence-electron chi connectivity index (χ2n) is 9.47. The molecule has 36 heavy (non-hydrogen) atoms. The minimum atomic E-state index is -0.287. The van der Waals surface area contributed by atoms with Gasteiger partial charge in [-0.2, -0.15) is 4.98 Å². The number of aromatic amines is 1. The molecule has 4 N–H and O–H groups in total. The second-order valence-corrected chi connectivity index (χ2v) is 9.47. The molecule has 3 aromatic rings. The van der Waals surface area contributed by atoms with E-state index < -0.39 is 0 Å². The predicted octanol–water partition coefficient (Wildman–Crippen LogP) is 2.62. The SMILES string of the molecule is CCc1c(C)[nH]c2ccc(NC(=O)c3cc(N4CCC(C(N)=O)CC4)nc(N4CCOCC4)n3)cc12. The van der Waals surface area contributed by atoms with E-state index in [9.17, 15) is 9.59 Å². The minimum Gasteiger partial charge on any atom is -0.378 e. The van der Waals surface area contributed by atoms with Gasteiger partial charge in [0.05, 0.1) is 13.2 Å². The maximum absolute atomic E-state index is 13.4. The molecule has 4 heterocycles. The van der Waals surface area contributed by atoms with E-state index in [1.807, 2.05) is 23.1 Å². The van der Waals surface area contributed by atoms with Gasteiger partial charge in [0.2, 0.25) is 11.9 Å². The molecule has 190 valence electrons. The average molecular weight is 492 g/mol. The number of primary amides is 1. The smallest absolute Gasteiger partial charge is 0.274 e. The summed E-state index contributed by atoms with van der Waals surface area (Å²) in [5, 5.41) is 4.14. The Labute approximate surface area is 210 Å². The summed E-state index contributed by atoms with van der Waals surface area (Å²) in [7, 11) is 0. The standard InChI is InChI=1S/C26H33N7O3/c1-3-19-16(2)28-21-5-4-18(14-20(19)21)29-25(35)22-15-23(32-8-6-17(7-9-32)24(27)34)31-26(30-22)33-10-12-36-13-11-33/h4-5,14-15,17,28H,3,6-13H2,1-2H3,(H2,27,34)(H,29,35). The zero-order valence-corrected chi connectivity index (χ0v) is 20.8. The minimum absolute atomic E-state index is 0.121. The summed E-state index contributed by atoms with van der Waals surface area (Å²) in [5.41, 5.74) is 9.98. The van der Waals surface area contributed by atoms with Crippen LogP contribution in [-0.4, -0.2) is 66.2 Å². The van der Waals surface area contributed by atoms with E-state index in [0.29, 0.717) is 69.7 Å². The van der Waals surface area contributed by atoms with Gasteiger partial charge in [-0.05, 0) is 49.9 Å². The third-order valence-electron chi connectivity index (χ3n) is 7.18. The van der Waals surface area contributed by atoms with Crippen LogP contribution < -0.4 is 20.9 Å². The topological polar surface area (TPSA) is 129 Å². The maximum atomic E-state index is 13.4. The lowest BCUT2D eigenvalue weighted by Crippen LogP contribution is -2.40. The summed E-state index contributed by atoms with van der Waals surface area (Å²) in [4.78, 5) is 42.0. The molecule has 2 fully saturated rings. The number of morpholine rings is 1. The molecule has 10 nitrogen and oxygen atoms in total. The lowest BCUT2D eigenvalue weighted by atomic mass is 9.96. The highest BCUT2D eigenvalue weighted by Crippen LogP contribution is 2.27. The van der Waals surface area contributed by atoms with Crippen molar-refractivity contribution in [2.24, 2.45) is 11.7 Å². The number of nitrogens with two attached hydrogens (primary N) is 1. The first-order chi connectivity index (χ1) is 17.4. The van der Waals surface area contributed by atoms with E-state index in [-0.39, 0.29) is 17.7 Å². The van der Waals surface area contributed by atoms with Crippen molar-refractivity contribution < 1.29 is 14.3 Å². The van der Waals surface area contributed by atoms with Crippen LogP contribution in [0.2, 0.25) is 0 Å². The molecule has 0 atom stereocenters. The molecular formula is C26H33N7O3. The second kappa shape index (κ2) is 10.1. The Morgan fingerprint density at radius 3 is 2.56 bits per heavy atom. The maximum Gasteiger partial charge on any atom is 0.274 e. The van der Waals surface area contributed by atoms with Crippen LogP contribution in [0.25, 0.3) is 10.9 Å². The van der Waals surface area contributed by atoms with Gasteiger partial charge in [-0.1, -0.05) is 6.92 Å². The molecule has 5 rings (SSSR count). The molecule has 1 aromatic carbocycles. The first-order valence-corrected chi connectivity index (χ1v) is 12.6. The van der Waals surface area contributed by atoms with Gasteiger partial charge in [0.15, 0.2) is 0 Å². The van der Waals surface area contributed by atoms with Crippen molar-refractivity contribution in [1.82, 2.24) is 15.0 Å². The van der Waals surface area contributed by atoms with Crippen LogP contribution >= 0.6 is 0 Å². The quantitative estimate of drug-likeness (QED) is 0.483. The first kappa shape index (κ1) is 24.1. The fourth-order valence-electron chi connectivity index (χ4n) is 5.11. The Morgan fingerprint density at radius 1 is 1.11 bits per heavy atom. The number of anilines is 3. The molecule has 2 aliphatic heterocycles.